The number of nitrogens with two attached hydrogens (primary N) is 1. The third-order valence-corrected chi connectivity index (χ3v) is 2.40. The van der Waals surface area contributed by atoms with E-state index in [0.29, 0.717) is 18.9 Å². The van der Waals surface area contributed by atoms with Crippen LogP contribution in [0.5, 0.6) is 0 Å². The summed E-state index contributed by atoms with van der Waals surface area (Å²) >= 11 is 0. The van der Waals surface area contributed by atoms with E-state index >= 15 is 0 Å². The minimum atomic E-state index is 0.176. The first-order valence-corrected chi connectivity index (χ1v) is 5.30. The van der Waals surface area contributed by atoms with Gasteiger partial charge in [-0.2, -0.15) is 5.10 Å². The number of amidine groups is 1. The van der Waals surface area contributed by atoms with Crippen LogP contribution in [0.15, 0.2) is 0 Å². The predicted molar refractivity (Wildman–Crippen MR) is 63.7 cm³/mol. The molecule has 0 spiro atoms. The lowest BCUT2D eigenvalue weighted by Crippen LogP contribution is -2.29. The zero-order valence-corrected chi connectivity index (χ0v) is 9.99. The molecule has 1 aromatic heterocycles. The number of nitrogens with one attached hydrogen (secondary N) is 1. The molecular weight excluding hydrogens is 204 g/mol. The van der Waals surface area contributed by atoms with E-state index in [-0.39, 0.29) is 5.84 Å². The maximum absolute atomic E-state index is 7.20. The average molecular weight is 222 g/mol. The van der Waals surface area contributed by atoms with Crippen molar-refractivity contribution in [1.82, 2.24) is 15.2 Å². The molecule has 3 N–H and O–H groups in total. The lowest BCUT2D eigenvalue weighted by atomic mass is 10.3. The van der Waals surface area contributed by atoms with Gasteiger partial charge in [-0.25, -0.2) is 4.98 Å². The fraction of sp³-hybridized carbons (Fsp3) is 0.600. The van der Waals surface area contributed by atoms with Gasteiger partial charge in [-0.15, -0.1) is 5.10 Å². The molecule has 16 heavy (non-hydrogen) atoms. The van der Waals surface area contributed by atoms with Gasteiger partial charge in [0.15, 0.2) is 0 Å². The molecular formula is C10H18N6. The molecule has 1 aromatic rings. The Balaban J connectivity index is 2.78. The summed E-state index contributed by atoms with van der Waals surface area (Å²) in [4.78, 5) is 6.32. The molecule has 0 aromatic carbocycles. The van der Waals surface area contributed by atoms with Crippen LogP contribution < -0.4 is 10.6 Å². The van der Waals surface area contributed by atoms with Crippen LogP contribution in [0.4, 0.5) is 5.95 Å². The third-order valence-electron chi connectivity index (χ3n) is 2.40. The van der Waals surface area contributed by atoms with Gasteiger partial charge in [0.05, 0.1) is 17.2 Å². The molecule has 0 saturated heterocycles. The Morgan fingerprint density at radius 3 is 2.50 bits per heavy atom. The van der Waals surface area contributed by atoms with Crippen molar-refractivity contribution < 1.29 is 0 Å². The number of nitrogens with zero attached hydrogens (tertiary/aromatic N) is 4. The summed E-state index contributed by atoms with van der Waals surface area (Å²) in [7, 11) is 0. The first-order valence-electron chi connectivity index (χ1n) is 5.30. The lowest BCUT2D eigenvalue weighted by Gasteiger charge is -2.20. The van der Waals surface area contributed by atoms with E-state index in [1.807, 2.05) is 25.7 Å². The molecule has 1 rings (SSSR count). The SMILES string of the molecule is CCN(CCC(=N)N)c1nnc(C)c(C)n1. The van der Waals surface area contributed by atoms with Crippen molar-refractivity contribution in [3.05, 3.63) is 11.4 Å². The van der Waals surface area contributed by atoms with Gasteiger partial charge in [0.2, 0.25) is 5.95 Å². The van der Waals surface area contributed by atoms with Crippen LogP contribution in [0, 0.1) is 19.3 Å². The molecule has 0 saturated carbocycles. The van der Waals surface area contributed by atoms with Crippen LogP contribution in [0.3, 0.4) is 0 Å². The summed E-state index contributed by atoms with van der Waals surface area (Å²) in [5.74, 6) is 0.780. The summed E-state index contributed by atoms with van der Waals surface area (Å²) in [5, 5.41) is 15.3. The quantitative estimate of drug-likeness (QED) is 0.563. The van der Waals surface area contributed by atoms with Gasteiger partial charge in [-0.1, -0.05) is 0 Å². The number of aromatic nitrogens is 3. The highest BCUT2D eigenvalue weighted by molar-refractivity contribution is 5.77. The summed E-state index contributed by atoms with van der Waals surface area (Å²) in [5.41, 5.74) is 7.05. The Morgan fingerprint density at radius 2 is 2.00 bits per heavy atom. The highest BCUT2D eigenvalue weighted by Gasteiger charge is 2.09. The largest absolute Gasteiger partial charge is 0.388 e. The normalized spacial score (nSPS) is 10.2. The van der Waals surface area contributed by atoms with E-state index < -0.39 is 0 Å². The molecule has 0 fully saturated rings. The van der Waals surface area contributed by atoms with Crippen molar-refractivity contribution in [2.75, 3.05) is 18.0 Å². The summed E-state index contributed by atoms with van der Waals surface area (Å²) < 4.78 is 0. The number of hydrogen-bond acceptors (Lipinski definition) is 5. The smallest absolute Gasteiger partial charge is 0.245 e. The molecule has 88 valence electrons. The van der Waals surface area contributed by atoms with Gasteiger partial charge in [-0.05, 0) is 20.8 Å². The molecule has 6 nitrogen and oxygen atoms in total. The number of anilines is 1. The standard InChI is InChI=1S/C10H18N6/c1-4-16(6-5-9(11)12)10-13-7(2)8(3)14-15-10/h4-6H2,1-3H3,(H3,11,12). The summed E-state index contributed by atoms with van der Waals surface area (Å²) in [6, 6.07) is 0. The van der Waals surface area contributed by atoms with Gasteiger partial charge < -0.3 is 10.6 Å². The van der Waals surface area contributed by atoms with E-state index in [1.165, 1.54) is 0 Å². The average Bonchev–Trinajstić information content (AvgIpc) is 2.23. The van der Waals surface area contributed by atoms with E-state index in [2.05, 4.69) is 15.2 Å². The van der Waals surface area contributed by atoms with Crippen LogP contribution in [-0.4, -0.2) is 34.1 Å². The predicted octanol–water partition coefficient (Wildman–Crippen LogP) is 0.641. The van der Waals surface area contributed by atoms with E-state index in [4.69, 9.17) is 11.1 Å². The molecule has 0 bridgehead atoms. The second-order valence-electron chi connectivity index (χ2n) is 3.64. The number of rotatable bonds is 5. The molecule has 0 aliphatic rings. The van der Waals surface area contributed by atoms with E-state index in [9.17, 15) is 0 Å². The van der Waals surface area contributed by atoms with Crippen LogP contribution in [-0.2, 0) is 0 Å². The van der Waals surface area contributed by atoms with Gasteiger partial charge in [-0.3, -0.25) is 5.41 Å². The van der Waals surface area contributed by atoms with Gasteiger partial charge >= 0.3 is 0 Å². The fourth-order valence-corrected chi connectivity index (χ4v) is 1.23. The molecule has 0 atom stereocenters. The van der Waals surface area contributed by atoms with Crippen LogP contribution in [0.1, 0.15) is 24.7 Å². The fourth-order valence-electron chi connectivity index (χ4n) is 1.23. The Bertz CT molecular complexity index is 376. The molecule has 0 amide bonds. The zero-order chi connectivity index (χ0) is 12.1. The van der Waals surface area contributed by atoms with E-state index in [0.717, 1.165) is 17.9 Å². The lowest BCUT2D eigenvalue weighted by molar-refractivity contribution is 0.759. The Hall–Kier alpha value is -1.72. The second-order valence-corrected chi connectivity index (χ2v) is 3.64. The topological polar surface area (TPSA) is 91.8 Å². The van der Waals surface area contributed by atoms with Gasteiger partial charge in [0, 0.05) is 19.5 Å². The minimum Gasteiger partial charge on any atom is -0.388 e. The maximum Gasteiger partial charge on any atom is 0.245 e. The van der Waals surface area contributed by atoms with E-state index in [1.54, 1.807) is 0 Å². The van der Waals surface area contributed by atoms with Crippen LogP contribution >= 0.6 is 0 Å². The molecule has 6 heteroatoms. The molecule has 1 heterocycles. The number of aryl methyl sites for hydroxylation is 2. The summed E-state index contributed by atoms with van der Waals surface area (Å²) in [6.45, 7) is 7.23. The van der Waals surface area contributed by atoms with Gasteiger partial charge in [0.25, 0.3) is 0 Å². The number of hydrogen-bond donors (Lipinski definition) is 2. The third kappa shape index (κ3) is 3.15. The van der Waals surface area contributed by atoms with Crippen LogP contribution in [0.25, 0.3) is 0 Å². The first-order chi connectivity index (χ1) is 7.54. The Labute approximate surface area is 95.4 Å². The molecule has 0 radical (unpaired) electrons. The van der Waals surface area contributed by atoms with Crippen molar-refractivity contribution in [2.24, 2.45) is 5.73 Å². The van der Waals surface area contributed by atoms with Gasteiger partial charge in [0.1, 0.15) is 0 Å². The van der Waals surface area contributed by atoms with Crippen molar-refractivity contribution >= 4 is 11.8 Å². The van der Waals surface area contributed by atoms with Crippen molar-refractivity contribution in [2.45, 2.75) is 27.2 Å². The Kier molecular flexibility index (Phi) is 4.16. The molecule has 0 unspecified atom stereocenters. The monoisotopic (exact) mass is 222 g/mol. The summed E-state index contributed by atoms with van der Waals surface area (Å²) in [6.07, 6.45) is 0.518. The molecule has 0 aliphatic carbocycles. The highest BCUT2D eigenvalue weighted by atomic mass is 15.3. The molecule has 0 aliphatic heterocycles. The second kappa shape index (κ2) is 5.39. The first kappa shape index (κ1) is 12.4. The highest BCUT2D eigenvalue weighted by Crippen LogP contribution is 2.08. The van der Waals surface area contributed by atoms with Crippen molar-refractivity contribution in [3.8, 4) is 0 Å². The zero-order valence-electron chi connectivity index (χ0n) is 9.99. The maximum atomic E-state index is 7.20. The minimum absolute atomic E-state index is 0.176. The Morgan fingerprint density at radius 1 is 1.31 bits per heavy atom. The van der Waals surface area contributed by atoms with Crippen molar-refractivity contribution in [1.29, 1.82) is 5.41 Å². The van der Waals surface area contributed by atoms with Crippen LogP contribution in [0.2, 0.25) is 0 Å². The van der Waals surface area contributed by atoms with Crippen molar-refractivity contribution in [3.63, 3.8) is 0 Å².